The number of aromatic nitrogens is 8. The summed E-state index contributed by atoms with van der Waals surface area (Å²) in [5.41, 5.74) is 16.8. The first-order valence-corrected chi connectivity index (χ1v) is 20.7. The summed E-state index contributed by atoms with van der Waals surface area (Å²) in [5, 5.41) is 17.6. The first kappa shape index (κ1) is 42.8. The summed E-state index contributed by atoms with van der Waals surface area (Å²) >= 11 is 0. The zero-order valence-electron chi connectivity index (χ0n) is 35.4. The summed E-state index contributed by atoms with van der Waals surface area (Å²) in [7, 11) is 3.98. The number of hydrogen-bond acceptors (Lipinski definition) is 2. The molecule has 0 unspecified atom stereocenters. The molecule has 10 aromatic rings. The molecule has 4 heterocycles. The minimum absolute atomic E-state index is 0. The van der Waals surface area contributed by atoms with E-state index >= 15 is 0 Å². The minimum Gasteiger partial charge on any atom is -0.581 e. The van der Waals surface area contributed by atoms with Crippen LogP contribution in [0.1, 0.15) is 56.2 Å². The van der Waals surface area contributed by atoms with Crippen LogP contribution < -0.4 is 19.3 Å². The quantitative estimate of drug-likeness (QED) is 0.126. The van der Waals surface area contributed by atoms with E-state index in [-0.39, 0.29) is 42.1 Å². The third-order valence-corrected chi connectivity index (χ3v) is 12.8. The molecule has 0 saturated heterocycles. The minimum atomic E-state index is -0.571. The van der Waals surface area contributed by atoms with Crippen molar-refractivity contribution in [1.29, 1.82) is 0 Å². The Balaban J connectivity index is 0.000000157. The van der Waals surface area contributed by atoms with E-state index in [0.29, 0.717) is 0 Å². The van der Waals surface area contributed by atoms with Crippen LogP contribution in [0.2, 0.25) is 0 Å². The molecule has 2 aliphatic carbocycles. The summed E-state index contributed by atoms with van der Waals surface area (Å²) in [5.74, 6) is 0. The van der Waals surface area contributed by atoms with Gasteiger partial charge in [0.15, 0.2) is 0 Å². The van der Waals surface area contributed by atoms with E-state index < -0.39 is 10.8 Å². The van der Waals surface area contributed by atoms with Crippen molar-refractivity contribution >= 4 is 0 Å². The van der Waals surface area contributed by atoms with Crippen molar-refractivity contribution in [2.24, 2.45) is 14.1 Å². The number of rotatable bonds is 6. The maximum Gasteiger partial charge on any atom is 0.241 e. The molecule has 320 valence electrons. The maximum atomic E-state index is 4.59. The van der Waals surface area contributed by atoms with Crippen molar-refractivity contribution in [3.8, 4) is 33.6 Å². The monoisotopic (exact) mass is 1190 g/mol. The normalized spacial score (nSPS) is 13.3. The molecule has 0 spiro atoms. The van der Waals surface area contributed by atoms with Gasteiger partial charge in [0, 0.05) is 77.3 Å². The Kier molecular flexibility index (Phi) is 11.3. The second-order valence-corrected chi connectivity index (χ2v) is 16.0. The van der Waals surface area contributed by atoms with E-state index in [1.54, 1.807) is 12.4 Å². The predicted octanol–water partition coefficient (Wildman–Crippen LogP) is 7.85. The van der Waals surface area contributed by atoms with Crippen LogP contribution >= 0.6 is 0 Å². The van der Waals surface area contributed by atoms with Crippen LogP contribution in [0, 0.1) is 38.6 Å². The summed E-state index contributed by atoms with van der Waals surface area (Å²) in [6.07, 6.45) is 14.2. The van der Waals surface area contributed by atoms with Crippen molar-refractivity contribution in [2.45, 2.75) is 24.7 Å². The molecular formula is C54H40N8Pt2-4. The molecule has 0 N–H and O–H groups in total. The van der Waals surface area contributed by atoms with Crippen LogP contribution in [0.4, 0.5) is 0 Å². The third kappa shape index (κ3) is 6.41. The summed E-state index contributed by atoms with van der Waals surface area (Å²) in [4.78, 5) is 0. The molecule has 0 fully saturated rings. The van der Waals surface area contributed by atoms with Crippen molar-refractivity contribution in [3.63, 3.8) is 0 Å². The van der Waals surface area contributed by atoms with E-state index in [2.05, 4.69) is 197 Å². The molecule has 12 rings (SSSR count). The third-order valence-electron chi connectivity index (χ3n) is 12.8. The Hall–Kier alpha value is -6.46. The zero-order chi connectivity index (χ0) is 42.0. The average Bonchev–Trinajstić information content (AvgIpc) is 4.20. The molecule has 4 aromatic heterocycles. The van der Waals surface area contributed by atoms with E-state index in [0.717, 1.165) is 39.6 Å². The van der Waals surface area contributed by atoms with Gasteiger partial charge in [0.05, 0.1) is 24.9 Å². The molecule has 64 heavy (non-hydrogen) atoms. The molecule has 2 aliphatic rings. The second kappa shape index (κ2) is 16.9. The second-order valence-electron chi connectivity index (χ2n) is 16.0. The molecule has 6 aromatic carbocycles. The maximum absolute atomic E-state index is 4.59. The van der Waals surface area contributed by atoms with E-state index in [1.807, 2.05) is 52.3 Å². The van der Waals surface area contributed by atoms with E-state index in [1.165, 1.54) is 50.2 Å². The number of hydrogen-bond donors (Lipinski definition) is 0. The first-order chi connectivity index (χ1) is 30.4. The summed E-state index contributed by atoms with van der Waals surface area (Å²) in [6.45, 7) is 4.22. The van der Waals surface area contributed by atoms with Crippen molar-refractivity contribution in [1.82, 2.24) is 29.5 Å². The van der Waals surface area contributed by atoms with Crippen LogP contribution in [-0.4, -0.2) is 19.3 Å². The van der Waals surface area contributed by atoms with Gasteiger partial charge in [-0.25, -0.2) is 0 Å². The fraction of sp³-hybridized carbons (Fsp3) is 0.111. The van der Waals surface area contributed by atoms with Crippen LogP contribution in [0.5, 0.6) is 0 Å². The van der Waals surface area contributed by atoms with Gasteiger partial charge in [-0.15, -0.1) is 11.1 Å². The van der Waals surface area contributed by atoms with Crippen molar-refractivity contribution < 1.29 is 51.3 Å². The van der Waals surface area contributed by atoms with Gasteiger partial charge < -0.3 is 38.7 Å². The molecule has 8 nitrogen and oxygen atoms in total. The molecule has 0 saturated carbocycles. The standard InChI is InChI=1S/C28H22N4.C26H18N4.2Pt/c1-19-20(2)32(18-31(19)3)22-10-8-9-21(17-22)28(27-15-16-29-30-27)25-13-6-4-11-23(25)24-12-5-7-14-26(24)28;1-29-15-16-30(18-29)20-8-6-7-19(17-20)26(25-13-14-27-28-25)23-11-4-2-9-21(23)22-10-3-5-12-24(22)26;;/h4-16H,1-3H3;2-16H,1H3;;/q2*-2;;. The molecule has 0 bridgehead atoms. The predicted molar refractivity (Wildman–Crippen MR) is 236 cm³/mol. The molecule has 0 atom stereocenters. The van der Waals surface area contributed by atoms with Crippen LogP contribution in [-0.2, 0) is 67.1 Å². The van der Waals surface area contributed by atoms with E-state index in [9.17, 15) is 0 Å². The van der Waals surface area contributed by atoms with Gasteiger partial charge in [0.1, 0.15) is 0 Å². The summed E-state index contributed by atoms with van der Waals surface area (Å²) in [6, 6.07) is 58.5. The van der Waals surface area contributed by atoms with Gasteiger partial charge in [-0.3, -0.25) is 0 Å². The Labute approximate surface area is 401 Å². The Morgan fingerprint density at radius 1 is 0.516 bits per heavy atom. The smallest absolute Gasteiger partial charge is 0.241 e. The average molecular weight is 1190 g/mol. The fourth-order valence-corrected chi connectivity index (χ4v) is 9.84. The summed E-state index contributed by atoms with van der Waals surface area (Å²) < 4.78 is 7.96. The molecule has 0 amide bonds. The number of nitrogens with zero attached hydrogens (tertiary/aromatic N) is 8. The Bertz CT molecular complexity index is 3180. The van der Waals surface area contributed by atoms with Gasteiger partial charge in [0.25, 0.3) is 0 Å². The number of aryl methyl sites for hydroxylation is 2. The number of imidazole rings is 2. The van der Waals surface area contributed by atoms with Gasteiger partial charge in [-0.2, -0.15) is 60.9 Å². The van der Waals surface area contributed by atoms with Gasteiger partial charge in [0.2, 0.25) is 12.7 Å². The number of fused-ring (bicyclic) bond motifs is 6. The van der Waals surface area contributed by atoms with Crippen LogP contribution in [0.3, 0.4) is 0 Å². The Morgan fingerprint density at radius 3 is 1.34 bits per heavy atom. The number of benzene rings is 6. The molecule has 0 radical (unpaired) electrons. The molecular weight excluding hydrogens is 1150 g/mol. The molecule has 0 aliphatic heterocycles. The largest absolute Gasteiger partial charge is 0.581 e. The van der Waals surface area contributed by atoms with Crippen molar-refractivity contribution in [2.75, 3.05) is 0 Å². The van der Waals surface area contributed by atoms with Gasteiger partial charge >= 0.3 is 0 Å². The fourth-order valence-electron chi connectivity index (χ4n) is 9.84. The SMILES string of the molecule is C[n+]1[c-]n(-c2[c-]c(C3(c4cc[n-]n4)c4ccccc4-c4ccccc43)ccc2)cc1.Cc1c(C)[n+](C)[c-]n1-c1[c-]c(C2(c3cc[n-]n3)c3ccccc3-c3ccccc32)ccc1.[Pt].[Pt]. The van der Waals surface area contributed by atoms with Crippen LogP contribution in [0.15, 0.2) is 170 Å². The molecule has 10 heteroatoms. The topological polar surface area (TPSA) is 71.6 Å². The first-order valence-electron chi connectivity index (χ1n) is 20.7. The van der Waals surface area contributed by atoms with E-state index in [4.69, 9.17) is 0 Å². The van der Waals surface area contributed by atoms with Crippen molar-refractivity contribution in [3.05, 3.63) is 251 Å². The zero-order valence-corrected chi connectivity index (χ0v) is 39.9. The van der Waals surface area contributed by atoms with Gasteiger partial charge in [-0.1, -0.05) is 121 Å². The van der Waals surface area contributed by atoms with Gasteiger partial charge in [-0.05, 0) is 58.4 Å². The van der Waals surface area contributed by atoms with Crippen LogP contribution in [0.25, 0.3) is 33.6 Å². The Morgan fingerprint density at radius 2 is 0.953 bits per heavy atom.